The molecule has 3 heterocycles. The van der Waals surface area contributed by atoms with Crippen LogP contribution in [0.15, 0.2) is 29.1 Å². The number of hydrogen-bond donors (Lipinski definition) is 3. The van der Waals surface area contributed by atoms with Crippen molar-refractivity contribution in [3.05, 3.63) is 51.0 Å². The van der Waals surface area contributed by atoms with Crippen LogP contribution >= 0.6 is 11.6 Å². The van der Waals surface area contributed by atoms with Gasteiger partial charge in [-0.25, -0.2) is 14.4 Å². The minimum Gasteiger partial charge on any atom is -0.491 e. The first kappa shape index (κ1) is 25.0. The molecule has 190 valence electrons. The Balaban J connectivity index is 1.24. The molecule has 10 nitrogen and oxygen atoms in total. The molecule has 0 bridgehead atoms. The minimum absolute atomic E-state index is 0.0778. The third-order valence-electron chi connectivity index (χ3n) is 6.76. The lowest BCUT2D eigenvalue weighted by molar-refractivity contribution is 0.0678. The number of urea groups is 1. The Labute approximate surface area is 208 Å². The zero-order valence-corrected chi connectivity index (χ0v) is 20.4. The van der Waals surface area contributed by atoms with Gasteiger partial charge in [-0.2, -0.15) is 0 Å². The third kappa shape index (κ3) is 6.50. The van der Waals surface area contributed by atoms with Gasteiger partial charge in [-0.3, -0.25) is 0 Å². The first-order chi connectivity index (χ1) is 16.9. The van der Waals surface area contributed by atoms with Gasteiger partial charge in [0.05, 0.1) is 6.54 Å². The summed E-state index contributed by atoms with van der Waals surface area (Å²) >= 11 is 5.94. The normalized spacial score (nSPS) is 16.8. The minimum atomic E-state index is -0.782. The number of aromatic nitrogens is 2. The number of aryl methyl sites for hydroxylation is 1. The third-order valence-corrected chi connectivity index (χ3v) is 7.01. The molecule has 0 radical (unpaired) electrons. The Morgan fingerprint density at radius 1 is 1.06 bits per heavy atom. The number of carbonyl (C=O) groups excluding carboxylic acids is 2. The average Bonchev–Trinajstić information content (AvgIpc) is 3.15. The molecule has 3 N–H and O–H groups in total. The maximum atomic E-state index is 12.6. The Morgan fingerprint density at radius 2 is 1.74 bits per heavy atom. The summed E-state index contributed by atoms with van der Waals surface area (Å²) < 4.78 is 0.539. The number of hydrogen-bond acceptors (Lipinski definition) is 5. The zero-order valence-electron chi connectivity index (χ0n) is 19.7. The quantitative estimate of drug-likeness (QED) is 0.557. The summed E-state index contributed by atoms with van der Waals surface area (Å²) in [5.41, 5.74) is 0.534. The maximum absolute atomic E-state index is 12.6. The number of halogens is 1. The van der Waals surface area contributed by atoms with Gasteiger partial charge in [0.25, 0.3) is 5.88 Å². The smallest absolute Gasteiger partial charge is 0.434 e. The van der Waals surface area contributed by atoms with Crippen LogP contribution in [0.2, 0.25) is 5.02 Å². The van der Waals surface area contributed by atoms with E-state index in [2.05, 4.69) is 10.3 Å². The molecular formula is C24H32ClN5O5. The van der Waals surface area contributed by atoms with Gasteiger partial charge in [-0.05, 0) is 68.6 Å². The van der Waals surface area contributed by atoms with Crippen molar-refractivity contribution in [2.75, 3.05) is 26.2 Å². The van der Waals surface area contributed by atoms with Crippen LogP contribution in [0, 0.1) is 5.92 Å². The number of aromatic amines is 1. The molecule has 1 aromatic heterocycles. The van der Waals surface area contributed by atoms with Crippen LogP contribution < -0.4 is 15.8 Å². The van der Waals surface area contributed by atoms with Crippen molar-refractivity contribution in [3.8, 4) is 5.88 Å². The van der Waals surface area contributed by atoms with Gasteiger partial charge in [0, 0.05) is 31.2 Å². The summed E-state index contributed by atoms with van der Waals surface area (Å²) in [4.78, 5) is 48.0. The van der Waals surface area contributed by atoms with Gasteiger partial charge < -0.3 is 30.0 Å². The van der Waals surface area contributed by atoms with Crippen LogP contribution in [0.5, 0.6) is 5.88 Å². The number of benzene rings is 1. The van der Waals surface area contributed by atoms with Crippen LogP contribution in [-0.4, -0.2) is 62.9 Å². The number of nitrogens with one attached hydrogen (secondary N) is 2. The van der Waals surface area contributed by atoms with Crippen molar-refractivity contribution >= 4 is 23.7 Å². The molecule has 2 aromatic rings. The van der Waals surface area contributed by atoms with E-state index in [-0.39, 0.29) is 18.3 Å². The van der Waals surface area contributed by atoms with Crippen molar-refractivity contribution in [1.29, 1.82) is 0 Å². The van der Waals surface area contributed by atoms with Crippen LogP contribution in [0.4, 0.5) is 9.59 Å². The van der Waals surface area contributed by atoms with Crippen LogP contribution in [-0.2, 0) is 13.0 Å². The van der Waals surface area contributed by atoms with Gasteiger partial charge in [-0.15, -0.1) is 0 Å². The summed E-state index contributed by atoms with van der Waals surface area (Å²) in [6.07, 6.45) is 5.98. The number of rotatable bonds is 6. The summed E-state index contributed by atoms with van der Waals surface area (Å²) in [5.74, 6) is -0.0339. The fourth-order valence-corrected chi connectivity index (χ4v) is 4.72. The Morgan fingerprint density at radius 3 is 2.43 bits per heavy atom. The van der Waals surface area contributed by atoms with Crippen molar-refractivity contribution in [3.63, 3.8) is 0 Å². The number of aromatic hydroxyl groups is 1. The molecule has 2 aliphatic rings. The fraction of sp³-hybridized carbons (Fsp3) is 0.542. The van der Waals surface area contributed by atoms with Crippen LogP contribution in [0.25, 0.3) is 0 Å². The lowest BCUT2D eigenvalue weighted by Gasteiger charge is -2.31. The van der Waals surface area contributed by atoms with E-state index >= 15 is 0 Å². The molecule has 0 atom stereocenters. The van der Waals surface area contributed by atoms with Gasteiger partial charge in [0.2, 0.25) is 0 Å². The Bertz CT molecular complexity index is 1070. The zero-order chi connectivity index (χ0) is 24.8. The Hall–Kier alpha value is -3.14. The summed E-state index contributed by atoms with van der Waals surface area (Å²) in [6, 6.07) is 7.59. The highest BCUT2D eigenvalue weighted by atomic mass is 35.5. The molecule has 0 unspecified atom stereocenters. The van der Waals surface area contributed by atoms with E-state index in [0.29, 0.717) is 36.8 Å². The summed E-state index contributed by atoms with van der Waals surface area (Å²) in [6.45, 7) is 2.32. The van der Waals surface area contributed by atoms with E-state index in [9.17, 15) is 19.5 Å². The van der Waals surface area contributed by atoms with Crippen molar-refractivity contribution in [1.82, 2.24) is 24.8 Å². The number of H-pyrrole nitrogens is 1. The van der Waals surface area contributed by atoms with Gasteiger partial charge >= 0.3 is 17.8 Å². The van der Waals surface area contributed by atoms with Gasteiger partial charge in [0.1, 0.15) is 5.69 Å². The standard InChI is InChI=1S/C24H32ClN5O5/c25-19-8-6-17(7-9-19)4-5-18-10-14-29(15-11-18)24(34)35-30-21(31)20(27-23(30)33)16-26-22(32)28-12-2-1-3-13-28/h6-9,18,31H,1-5,10-16H2,(H,26,32)(H,27,33). The van der Waals surface area contributed by atoms with E-state index in [0.717, 1.165) is 50.0 Å². The summed E-state index contributed by atoms with van der Waals surface area (Å²) in [5, 5.41) is 13.8. The summed E-state index contributed by atoms with van der Waals surface area (Å²) in [7, 11) is 0. The molecule has 0 saturated carbocycles. The highest BCUT2D eigenvalue weighted by Crippen LogP contribution is 2.23. The number of piperidine rings is 2. The van der Waals surface area contributed by atoms with E-state index in [1.54, 1.807) is 4.90 Å². The van der Waals surface area contributed by atoms with E-state index < -0.39 is 17.7 Å². The molecule has 3 amide bonds. The van der Waals surface area contributed by atoms with Crippen molar-refractivity contribution in [2.24, 2.45) is 5.92 Å². The Kier molecular flexibility index (Phi) is 8.22. The second kappa shape index (κ2) is 11.5. The number of imidazole rings is 1. The monoisotopic (exact) mass is 505 g/mol. The molecule has 1 aromatic carbocycles. The highest BCUT2D eigenvalue weighted by molar-refractivity contribution is 6.30. The van der Waals surface area contributed by atoms with Crippen molar-refractivity contribution < 1.29 is 19.5 Å². The number of nitrogens with zero attached hydrogens (tertiary/aromatic N) is 3. The number of amides is 3. The van der Waals surface area contributed by atoms with E-state index in [4.69, 9.17) is 16.4 Å². The molecule has 0 aliphatic carbocycles. The lowest BCUT2D eigenvalue weighted by Crippen LogP contribution is -2.44. The predicted molar refractivity (Wildman–Crippen MR) is 130 cm³/mol. The first-order valence-electron chi connectivity index (χ1n) is 12.2. The average molecular weight is 506 g/mol. The predicted octanol–water partition coefficient (Wildman–Crippen LogP) is 3.12. The first-order valence-corrected chi connectivity index (χ1v) is 12.6. The molecular weight excluding hydrogens is 474 g/mol. The SMILES string of the molecule is O=C(NCc1[nH]c(=O)n(OC(=O)N2CCC(CCc3ccc(Cl)cc3)CC2)c1O)N1CCCCC1. The molecule has 11 heteroatoms. The highest BCUT2D eigenvalue weighted by Gasteiger charge is 2.26. The van der Waals surface area contributed by atoms with Crippen LogP contribution in [0.1, 0.15) is 49.8 Å². The second-order valence-corrected chi connectivity index (χ2v) is 9.62. The van der Waals surface area contributed by atoms with Crippen LogP contribution in [0.3, 0.4) is 0 Å². The molecule has 2 aliphatic heterocycles. The topological polar surface area (TPSA) is 120 Å². The van der Waals surface area contributed by atoms with E-state index in [1.807, 2.05) is 24.3 Å². The van der Waals surface area contributed by atoms with Gasteiger partial charge in [0.15, 0.2) is 0 Å². The number of carbonyl (C=O) groups is 2. The molecule has 4 rings (SSSR count). The lowest BCUT2D eigenvalue weighted by atomic mass is 9.91. The largest absolute Gasteiger partial charge is 0.491 e. The second-order valence-electron chi connectivity index (χ2n) is 9.19. The van der Waals surface area contributed by atoms with Crippen molar-refractivity contribution in [2.45, 2.75) is 51.5 Å². The molecule has 2 saturated heterocycles. The molecule has 0 spiro atoms. The van der Waals surface area contributed by atoms with Gasteiger partial charge in [-0.1, -0.05) is 28.5 Å². The fourth-order valence-electron chi connectivity index (χ4n) is 4.60. The molecule has 35 heavy (non-hydrogen) atoms. The van der Waals surface area contributed by atoms with E-state index in [1.165, 1.54) is 10.5 Å². The number of likely N-dealkylation sites (tertiary alicyclic amines) is 2. The maximum Gasteiger partial charge on any atom is 0.434 e. The molecule has 2 fully saturated rings.